The molecular weight excluding hydrogens is 166 g/mol. The molecule has 11 heavy (non-hydrogen) atoms. The molecule has 2 heterocycles. The Morgan fingerprint density at radius 1 is 1.64 bits per heavy atom. The van der Waals surface area contributed by atoms with Crippen molar-refractivity contribution in [3.63, 3.8) is 0 Å². The standard InChI is InChI=1S/C6H9NO3S/c8-4-2-7-5(9)1-6(7)11(10)3-4/h4,6,8H,1-3H2/t4?,6-,11?/m0/s1. The van der Waals surface area contributed by atoms with Gasteiger partial charge in [0.15, 0.2) is 0 Å². The van der Waals surface area contributed by atoms with E-state index in [0.717, 1.165) is 0 Å². The Labute approximate surface area is 66.6 Å². The topological polar surface area (TPSA) is 57.6 Å². The number of rotatable bonds is 0. The lowest BCUT2D eigenvalue weighted by molar-refractivity contribution is -0.144. The van der Waals surface area contributed by atoms with Crippen LogP contribution in [0.25, 0.3) is 0 Å². The highest BCUT2D eigenvalue weighted by Gasteiger charge is 2.44. The third-order valence-electron chi connectivity index (χ3n) is 2.08. The Bertz CT molecular complexity index is 230. The molecule has 0 saturated carbocycles. The molecule has 1 amide bonds. The number of fused-ring (bicyclic) bond motifs is 1. The van der Waals surface area contributed by atoms with Crippen molar-refractivity contribution in [3.05, 3.63) is 0 Å². The van der Waals surface area contributed by atoms with Crippen molar-refractivity contribution < 1.29 is 14.1 Å². The normalized spacial score (nSPS) is 43.2. The highest BCUT2D eigenvalue weighted by molar-refractivity contribution is 7.85. The number of β-lactam (4-membered cyclic amide) rings is 1. The van der Waals surface area contributed by atoms with E-state index in [-0.39, 0.29) is 11.3 Å². The zero-order chi connectivity index (χ0) is 8.01. The fraction of sp³-hybridized carbons (Fsp3) is 0.833. The maximum atomic E-state index is 11.2. The van der Waals surface area contributed by atoms with E-state index in [4.69, 9.17) is 5.11 Å². The molecule has 62 valence electrons. The summed E-state index contributed by atoms with van der Waals surface area (Å²) in [4.78, 5) is 12.3. The predicted octanol–water partition coefficient (Wildman–Crippen LogP) is -1.33. The summed E-state index contributed by atoms with van der Waals surface area (Å²) in [5.74, 6) is 0.344. The van der Waals surface area contributed by atoms with Gasteiger partial charge >= 0.3 is 0 Å². The summed E-state index contributed by atoms with van der Waals surface area (Å²) in [6.45, 7) is 0.370. The summed E-state index contributed by atoms with van der Waals surface area (Å²) in [5, 5.41) is 9.04. The van der Waals surface area contributed by atoms with Crippen LogP contribution >= 0.6 is 0 Å². The lowest BCUT2D eigenvalue weighted by atomic mass is 10.2. The van der Waals surface area contributed by atoms with Crippen LogP contribution < -0.4 is 0 Å². The van der Waals surface area contributed by atoms with Gasteiger partial charge in [-0.15, -0.1) is 0 Å². The first kappa shape index (κ1) is 7.24. The molecule has 2 unspecified atom stereocenters. The number of carbonyl (C=O) groups excluding carboxylic acids is 1. The summed E-state index contributed by atoms with van der Waals surface area (Å²) in [6.07, 6.45) is -0.185. The lowest BCUT2D eigenvalue weighted by Gasteiger charge is -2.44. The summed E-state index contributed by atoms with van der Waals surface area (Å²) < 4.78 is 11.2. The second-order valence-electron chi connectivity index (χ2n) is 2.91. The van der Waals surface area contributed by atoms with E-state index in [1.165, 1.54) is 4.90 Å². The summed E-state index contributed by atoms with van der Waals surface area (Å²) in [6, 6.07) is 0. The molecule has 2 aliphatic rings. The molecule has 2 aliphatic heterocycles. The van der Waals surface area contributed by atoms with Crippen molar-refractivity contribution in [3.8, 4) is 0 Å². The Hall–Kier alpha value is -0.420. The molecule has 0 aromatic carbocycles. The van der Waals surface area contributed by atoms with E-state index >= 15 is 0 Å². The van der Waals surface area contributed by atoms with Crippen molar-refractivity contribution in [2.24, 2.45) is 0 Å². The predicted molar refractivity (Wildman–Crippen MR) is 39.1 cm³/mol. The maximum Gasteiger partial charge on any atom is 0.226 e. The molecule has 2 saturated heterocycles. The first-order chi connectivity index (χ1) is 5.18. The molecule has 4 nitrogen and oxygen atoms in total. The van der Waals surface area contributed by atoms with Gasteiger partial charge in [0.1, 0.15) is 5.37 Å². The molecule has 0 aromatic heterocycles. The van der Waals surface area contributed by atoms with Crippen LogP contribution in [-0.4, -0.2) is 43.9 Å². The van der Waals surface area contributed by atoms with Crippen LogP contribution in [0.4, 0.5) is 0 Å². The molecule has 1 N–H and O–H groups in total. The van der Waals surface area contributed by atoms with Crippen molar-refractivity contribution in [2.45, 2.75) is 17.9 Å². The van der Waals surface area contributed by atoms with Crippen LogP contribution in [0.1, 0.15) is 6.42 Å². The summed E-state index contributed by atoms with van der Waals surface area (Å²) in [5.41, 5.74) is 0. The monoisotopic (exact) mass is 175 g/mol. The number of aliphatic hydroxyl groups excluding tert-OH is 1. The summed E-state index contributed by atoms with van der Waals surface area (Å²) >= 11 is 0. The first-order valence-corrected chi connectivity index (χ1v) is 4.91. The minimum atomic E-state index is -1.02. The van der Waals surface area contributed by atoms with Gasteiger partial charge in [0.2, 0.25) is 5.91 Å². The molecule has 0 radical (unpaired) electrons. The smallest absolute Gasteiger partial charge is 0.226 e. The van der Waals surface area contributed by atoms with Gasteiger partial charge in [-0.25, -0.2) is 0 Å². The average Bonchev–Trinajstić information content (AvgIpc) is 1.93. The van der Waals surface area contributed by atoms with Crippen LogP contribution in [0.2, 0.25) is 0 Å². The number of amides is 1. The molecule has 0 aliphatic carbocycles. The largest absolute Gasteiger partial charge is 0.390 e. The highest BCUT2D eigenvalue weighted by Crippen LogP contribution is 2.26. The molecule has 0 bridgehead atoms. The molecule has 3 atom stereocenters. The molecule has 5 heteroatoms. The maximum absolute atomic E-state index is 11.2. The molecule has 0 spiro atoms. The third kappa shape index (κ3) is 0.990. The molecule has 0 aromatic rings. The zero-order valence-corrected chi connectivity index (χ0v) is 6.71. The Morgan fingerprint density at radius 3 is 3.00 bits per heavy atom. The number of nitrogens with zero attached hydrogens (tertiary/aromatic N) is 1. The quantitative estimate of drug-likeness (QED) is 0.464. The second kappa shape index (κ2) is 2.28. The third-order valence-corrected chi connectivity index (χ3v) is 3.83. The second-order valence-corrected chi connectivity index (χ2v) is 4.55. The molecule has 2 fully saturated rings. The Balaban J connectivity index is 2.13. The van der Waals surface area contributed by atoms with Crippen molar-refractivity contribution in [2.75, 3.05) is 12.3 Å². The number of aliphatic hydroxyl groups is 1. The van der Waals surface area contributed by atoms with Crippen LogP contribution in [0.3, 0.4) is 0 Å². The van der Waals surface area contributed by atoms with E-state index in [1.807, 2.05) is 0 Å². The van der Waals surface area contributed by atoms with Gasteiger partial charge in [-0.05, 0) is 0 Å². The fourth-order valence-electron chi connectivity index (χ4n) is 1.46. The molecule has 2 rings (SSSR count). The van der Waals surface area contributed by atoms with Crippen molar-refractivity contribution in [1.82, 2.24) is 4.90 Å². The van der Waals surface area contributed by atoms with Crippen molar-refractivity contribution >= 4 is 16.7 Å². The highest BCUT2D eigenvalue weighted by atomic mass is 32.2. The van der Waals surface area contributed by atoms with Crippen molar-refractivity contribution in [1.29, 1.82) is 0 Å². The fourth-order valence-corrected chi connectivity index (χ4v) is 2.98. The van der Waals surface area contributed by atoms with Crippen LogP contribution in [-0.2, 0) is 15.6 Å². The summed E-state index contributed by atoms with van der Waals surface area (Å²) in [7, 11) is -1.02. The lowest BCUT2D eigenvalue weighted by Crippen LogP contribution is -2.61. The van der Waals surface area contributed by atoms with E-state index in [2.05, 4.69) is 0 Å². The van der Waals surface area contributed by atoms with E-state index in [9.17, 15) is 9.00 Å². The number of carbonyl (C=O) groups is 1. The van der Waals surface area contributed by atoms with Crippen LogP contribution in [0.15, 0.2) is 0 Å². The van der Waals surface area contributed by atoms with Gasteiger partial charge in [0.25, 0.3) is 0 Å². The SMILES string of the molecule is O=C1C[C@H]2N1CC(O)CS2=O. The average molecular weight is 175 g/mol. The van der Waals surface area contributed by atoms with Gasteiger partial charge in [-0.2, -0.15) is 0 Å². The van der Waals surface area contributed by atoms with E-state index in [0.29, 0.717) is 18.7 Å². The van der Waals surface area contributed by atoms with Crippen LogP contribution in [0.5, 0.6) is 0 Å². The zero-order valence-electron chi connectivity index (χ0n) is 5.90. The first-order valence-electron chi connectivity index (χ1n) is 3.53. The van der Waals surface area contributed by atoms with Gasteiger partial charge in [-0.1, -0.05) is 0 Å². The Kier molecular flexibility index (Phi) is 1.50. The Morgan fingerprint density at radius 2 is 2.36 bits per heavy atom. The minimum Gasteiger partial charge on any atom is -0.390 e. The van der Waals surface area contributed by atoms with Gasteiger partial charge in [-0.3, -0.25) is 9.00 Å². The van der Waals surface area contributed by atoms with Gasteiger partial charge < -0.3 is 10.0 Å². The van der Waals surface area contributed by atoms with E-state index in [1.54, 1.807) is 0 Å². The number of hydrogen-bond acceptors (Lipinski definition) is 3. The number of hydrogen-bond donors (Lipinski definition) is 1. The molecular formula is C6H9NO3S. The minimum absolute atomic E-state index is 0.0158. The van der Waals surface area contributed by atoms with Crippen LogP contribution in [0, 0.1) is 0 Å². The van der Waals surface area contributed by atoms with Gasteiger partial charge in [0.05, 0.1) is 18.3 Å². The van der Waals surface area contributed by atoms with E-state index < -0.39 is 16.9 Å². The van der Waals surface area contributed by atoms with Gasteiger partial charge in [0, 0.05) is 17.3 Å².